The van der Waals surface area contributed by atoms with Crippen molar-refractivity contribution in [2.75, 3.05) is 5.32 Å². The van der Waals surface area contributed by atoms with E-state index in [0.29, 0.717) is 0 Å². The molecular weight excluding hydrogens is 152 g/mol. The maximum absolute atomic E-state index is 8.42. The molecule has 0 spiro atoms. The highest BCUT2D eigenvalue weighted by molar-refractivity contribution is 5.88. The fourth-order valence-corrected chi connectivity index (χ4v) is 1.13. The van der Waals surface area contributed by atoms with Crippen LogP contribution in [0.25, 0.3) is 11.0 Å². The zero-order valence-corrected chi connectivity index (χ0v) is 6.20. The van der Waals surface area contributed by atoms with Crippen LogP contribution in [0.15, 0.2) is 24.5 Å². The summed E-state index contributed by atoms with van der Waals surface area (Å²) in [5.74, 6) is 0. The van der Waals surface area contributed by atoms with Crippen molar-refractivity contribution in [2.24, 2.45) is 0 Å². The molecular formula is C8H6N4. The van der Waals surface area contributed by atoms with Crippen LogP contribution in [-0.2, 0) is 0 Å². The molecule has 0 atom stereocenters. The zero-order valence-electron chi connectivity index (χ0n) is 6.20. The van der Waals surface area contributed by atoms with Crippen LogP contribution in [0.1, 0.15) is 0 Å². The van der Waals surface area contributed by atoms with E-state index >= 15 is 0 Å². The van der Waals surface area contributed by atoms with Crippen LogP contribution in [0.3, 0.4) is 0 Å². The number of anilines is 1. The van der Waals surface area contributed by atoms with E-state index in [0.717, 1.165) is 16.7 Å². The second kappa shape index (κ2) is 2.55. The molecule has 0 saturated carbocycles. The van der Waals surface area contributed by atoms with Crippen LogP contribution in [-0.4, -0.2) is 9.97 Å². The smallest absolute Gasteiger partial charge is 0.181 e. The maximum Gasteiger partial charge on any atom is 0.181 e. The molecule has 4 heteroatoms. The summed E-state index contributed by atoms with van der Waals surface area (Å²) in [7, 11) is 0. The zero-order chi connectivity index (χ0) is 8.39. The van der Waals surface area contributed by atoms with Crippen LogP contribution in [0, 0.1) is 11.5 Å². The first-order valence-electron chi connectivity index (χ1n) is 3.49. The Balaban J connectivity index is 2.67. The first-order valence-corrected chi connectivity index (χ1v) is 3.49. The molecule has 58 valence electrons. The standard InChI is InChI=1S/C8H6N4/c9-4-10-6-2-1-3-7-8(6)12-5-11-7/h1-3,5,10H,(H,11,12). The van der Waals surface area contributed by atoms with Crippen molar-refractivity contribution in [3.05, 3.63) is 24.5 Å². The molecule has 1 heterocycles. The molecule has 4 nitrogen and oxygen atoms in total. The summed E-state index contributed by atoms with van der Waals surface area (Å²) in [5.41, 5.74) is 2.45. The van der Waals surface area contributed by atoms with E-state index in [4.69, 9.17) is 5.26 Å². The topological polar surface area (TPSA) is 64.5 Å². The van der Waals surface area contributed by atoms with Gasteiger partial charge in [0.1, 0.15) is 5.52 Å². The number of nitrogens with one attached hydrogen (secondary N) is 2. The van der Waals surface area contributed by atoms with Crippen LogP contribution in [0.4, 0.5) is 5.69 Å². The lowest BCUT2D eigenvalue weighted by Gasteiger charge is -1.96. The first kappa shape index (κ1) is 6.68. The predicted octanol–water partition coefficient (Wildman–Crippen LogP) is 1.46. The number of para-hydroxylation sites is 1. The number of rotatable bonds is 1. The van der Waals surface area contributed by atoms with E-state index in [1.807, 2.05) is 24.4 Å². The number of benzene rings is 1. The Morgan fingerprint density at radius 3 is 3.25 bits per heavy atom. The van der Waals surface area contributed by atoms with Gasteiger partial charge in [-0.2, -0.15) is 5.26 Å². The van der Waals surface area contributed by atoms with Crippen LogP contribution >= 0.6 is 0 Å². The highest BCUT2D eigenvalue weighted by atomic mass is 14.9. The maximum atomic E-state index is 8.42. The fourth-order valence-electron chi connectivity index (χ4n) is 1.13. The molecule has 2 aromatic rings. The Morgan fingerprint density at radius 1 is 1.50 bits per heavy atom. The summed E-state index contributed by atoms with van der Waals surface area (Å²) in [6.07, 6.45) is 3.47. The minimum Gasteiger partial charge on any atom is -0.345 e. The number of nitrogens with zero attached hydrogens (tertiary/aromatic N) is 2. The van der Waals surface area contributed by atoms with Crippen molar-refractivity contribution in [1.82, 2.24) is 9.97 Å². The number of hydrogen-bond acceptors (Lipinski definition) is 3. The van der Waals surface area contributed by atoms with E-state index in [1.165, 1.54) is 0 Å². The Morgan fingerprint density at radius 2 is 2.42 bits per heavy atom. The lowest BCUT2D eigenvalue weighted by Crippen LogP contribution is -1.87. The van der Waals surface area contributed by atoms with Gasteiger partial charge < -0.3 is 4.98 Å². The van der Waals surface area contributed by atoms with Crippen LogP contribution < -0.4 is 5.32 Å². The van der Waals surface area contributed by atoms with Gasteiger partial charge in [0, 0.05) is 0 Å². The van der Waals surface area contributed by atoms with Gasteiger partial charge in [0.05, 0.1) is 17.5 Å². The van der Waals surface area contributed by atoms with Gasteiger partial charge in [0.15, 0.2) is 6.19 Å². The molecule has 0 aliphatic rings. The van der Waals surface area contributed by atoms with Gasteiger partial charge in [-0.25, -0.2) is 4.98 Å². The second-order valence-corrected chi connectivity index (χ2v) is 2.34. The largest absolute Gasteiger partial charge is 0.345 e. The number of fused-ring (bicyclic) bond motifs is 1. The van der Waals surface area contributed by atoms with E-state index < -0.39 is 0 Å². The van der Waals surface area contributed by atoms with E-state index in [-0.39, 0.29) is 0 Å². The number of H-pyrrole nitrogens is 1. The Bertz CT molecular complexity index is 437. The third kappa shape index (κ3) is 0.883. The van der Waals surface area contributed by atoms with E-state index in [2.05, 4.69) is 15.3 Å². The summed E-state index contributed by atoms with van der Waals surface area (Å²) >= 11 is 0. The molecule has 1 aromatic carbocycles. The highest BCUT2D eigenvalue weighted by Crippen LogP contribution is 2.18. The average molecular weight is 158 g/mol. The molecule has 12 heavy (non-hydrogen) atoms. The normalized spacial score (nSPS) is 9.58. The molecule has 0 amide bonds. The van der Waals surface area contributed by atoms with Crippen LogP contribution in [0.2, 0.25) is 0 Å². The molecule has 0 unspecified atom stereocenters. The van der Waals surface area contributed by atoms with E-state index in [1.54, 1.807) is 6.33 Å². The number of nitriles is 1. The van der Waals surface area contributed by atoms with Gasteiger partial charge in [0.2, 0.25) is 0 Å². The molecule has 0 aliphatic heterocycles. The van der Waals surface area contributed by atoms with Crippen molar-refractivity contribution in [1.29, 1.82) is 5.26 Å². The first-order chi connectivity index (χ1) is 5.92. The van der Waals surface area contributed by atoms with Crippen molar-refractivity contribution in [2.45, 2.75) is 0 Å². The minimum absolute atomic E-state index is 0.733. The number of hydrogen-bond donors (Lipinski definition) is 2. The van der Waals surface area contributed by atoms with Gasteiger partial charge >= 0.3 is 0 Å². The van der Waals surface area contributed by atoms with Crippen molar-refractivity contribution < 1.29 is 0 Å². The van der Waals surface area contributed by atoms with Gasteiger partial charge in [-0.15, -0.1) is 0 Å². The lowest BCUT2D eigenvalue weighted by atomic mass is 10.3. The molecule has 2 N–H and O–H groups in total. The monoisotopic (exact) mass is 158 g/mol. The number of aromatic nitrogens is 2. The third-order valence-corrected chi connectivity index (χ3v) is 1.64. The van der Waals surface area contributed by atoms with Crippen molar-refractivity contribution in [3.63, 3.8) is 0 Å². The van der Waals surface area contributed by atoms with Crippen molar-refractivity contribution >= 4 is 16.7 Å². The van der Waals surface area contributed by atoms with Crippen molar-refractivity contribution in [3.8, 4) is 6.19 Å². The number of aromatic amines is 1. The Hall–Kier alpha value is -2.02. The summed E-state index contributed by atoms with van der Waals surface area (Å²) < 4.78 is 0. The SMILES string of the molecule is N#CNc1cccc2[nH]cnc12. The van der Waals surface area contributed by atoms with Gasteiger partial charge in [0.25, 0.3) is 0 Å². The van der Waals surface area contributed by atoms with Crippen LogP contribution in [0.5, 0.6) is 0 Å². The molecule has 0 saturated heterocycles. The third-order valence-electron chi connectivity index (χ3n) is 1.64. The molecule has 0 radical (unpaired) electrons. The summed E-state index contributed by atoms with van der Waals surface area (Å²) in [4.78, 5) is 7.03. The van der Waals surface area contributed by atoms with Gasteiger partial charge in [-0.1, -0.05) is 6.07 Å². The van der Waals surface area contributed by atoms with Gasteiger partial charge in [-0.3, -0.25) is 5.32 Å². The lowest BCUT2D eigenvalue weighted by molar-refractivity contribution is 1.34. The molecule has 0 fully saturated rings. The average Bonchev–Trinajstić information content (AvgIpc) is 2.53. The highest BCUT2D eigenvalue weighted by Gasteiger charge is 2.00. The molecule has 2 rings (SSSR count). The quantitative estimate of drug-likeness (QED) is 0.487. The summed E-state index contributed by atoms with van der Waals surface area (Å²) in [6.45, 7) is 0. The molecule has 0 bridgehead atoms. The van der Waals surface area contributed by atoms with Gasteiger partial charge in [-0.05, 0) is 12.1 Å². The second-order valence-electron chi connectivity index (χ2n) is 2.34. The molecule has 1 aromatic heterocycles. The Labute approximate surface area is 68.8 Å². The summed E-state index contributed by atoms with van der Waals surface area (Å²) in [5, 5.41) is 11.0. The minimum atomic E-state index is 0.733. The number of imidazole rings is 1. The Kier molecular flexibility index (Phi) is 1.42. The summed E-state index contributed by atoms with van der Waals surface area (Å²) in [6, 6.07) is 5.58. The molecule has 0 aliphatic carbocycles. The predicted molar refractivity (Wildman–Crippen MR) is 45.3 cm³/mol. The van der Waals surface area contributed by atoms with E-state index in [9.17, 15) is 0 Å². The fraction of sp³-hybridized carbons (Fsp3) is 0.